The van der Waals surface area contributed by atoms with Crippen LogP contribution in [-0.4, -0.2) is 10.9 Å². The summed E-state index contributed by atoms with van der Waals surface area (Å²) in [5.41, 5.74) is 24.7. The SMILES string of the molecule is CC(C)Cc1nc(-c2cccc(C(N)=O)c2)cc(-c2ccc(CN)cc2)c1CN. The average Bonchev–Trinajstić information content (AvgIpc) is 2.73. The second kappa shape index (κ2) is 8.99. The fourth-order valence-electron chi connectivity index (χ4n) is 3.47. The number of pyridine rings is 1. The lowest BCUT2D eigenvalue weighted by molar-refractivity contribution is 0.100. The highest BCUT2D eigenvalue weighted by molar-refractivity contribution is 5.94. The maximum Gasteiger partial charge on any atom is 0.248 e. The van der Waals surface area contributed by atoms with Gasteiger partial charge in [-0.25, -0.2) is 0 Å². The molecule has 0 saturated heterocycles. The molecule has 150 valence electrons. The van der Waals surface area contributed by atoms with Gasteiger partial charge in [0, 0.05) is 29.9 Å². The normalized spacial score (nSPS) is 11.1. The first kappa shape index (κ1) is 20.7. The first-order valence-corrected chi connectivity index (χ1v) is 9.85. The summed E-state index contributed by atoms with van der Waals surface area (Å²) in [5.74, 6) is -0.0158. The molecule has 29 heavy (non-hydrogen) atoms. The Balaban J connectivity index is 2.21. The molecule has 5 nitrogen and oxygen atoms in total. The van der Waals surface area contributed by atoms with Crippen molar-refractivity contribution in [1.29, 1.82) is 0 Å². The van der Waals surface area contributed by atoms with Crippen molar-refractivity contribution in [1.82, 2.24) is 4.98 Å². The van der Waals surface area contributed by atoms with Crippen molar-refractivity contribution in [2.45, 2.75) is 33.4 Å². The van der Waals surface area contributed by atoms with Crippen LogP contribution >= 0.6 is 0 Å². The highest BCUT2D eigenvalue weighted by Crippen LogP contribution is 2.32. The Hall–Kier alpha value is -3.02. The summed E-state index contributed by atoms with van der Waals surface area (Å²) in [4.78, 5) is 16.5. The summed E-state index contributed by atoms with van der Waals surface area (Å²) in [5, 5.41) is 0. The van der Waals surface area contributed by atoms with Gasteiger partial charge in [0.1, 0.15) is 0 Å². The number of benzene rings is 2. The molecule has 0 radical (unpaired) electrons. The van der Waals surface area contributed by atoms with Gasteiger partial charge in [-0.1, -0.05) is 50.2 Å². The van der Waals surface area contributed by atoms with Gasteiger partial charge in [-0.3, -0.25) is 9.78 Å². The van der Waals surface area contributed by atoms with Gasteiger partial charge in [-0.15, -0.1) is 0 Å². The molecule has 3 aromatic rings. The number of rotatable bonds is 7. The minimum Gasteiger partial charge on any atom is -0.366 e. The van der Waals surface area contributed by atoms with Crippen molar-refractivity contribution in [2.75, 3.05) is 0 Å². The highest BCUT2D eigenvalue weighted by atomic mass is 16.1. The Bertz CT molecular complexity index is 1010. The largest absolute Gasteiger partial charge is 0.366 e. The van der Waals surface area contributed by atoms with Crippen molar-refractivity contribution in [3.8, 4) is 22.4 Å². The third-order valence-corrected chi connectivity index (χ3v) is 4.96. The maximum atomic E-state index is 11.6. The highest BCUT2D eigenvalue weighted by Gasteiger charge is 2.16. The quantitative estimate of drug-likeness (QED) is 0.574. The third-order valence-electron chi connectivity index (χ3n) is 4.96. The zero-order chi connectivity index (χ0) is 21.0. The zero-order valence-corrected chi connectivity index (χ0v) is 17.0. The van der Waals surface area contributed by atoms with Crippen LogP contribution in [-0.2, 0) is 19.5 Å². The number of aromatic nitrogens is 1. The predicted octanol–water partition coefficient (Wildman–Crippen LogP) is 3.63. The standard InChI is InChI=1S/C24H28N4O/c1-15(2)10-23-21(14-26)20(17-8-6-16(13-25)7-9-17)12-22(28-23)18-4-3-5-19(11-18)24(27)29/h3-9,11-12,15H,10,13-14,25-26H2,1-2H3,(H2,27,29). The van der Waals surface area contributed by atoms with Gasteiger partial charge in [0.15, 0.2) is 0 Å². The monoisotopic (exact) mass is 388 g/mol. The molecular formula is C24H28N4O. The van der Waals surface area contributed by atoms with E-state index in [4.69, 9.17) is 22.2 Å². The van der Waals surface area contributed by atoms with Gasteiger partial charge < -0.3 is 17.2 Å². The number of nitrogens with zero attached hydrogens (tertiary/aromatic N) is 1. The van der Waals surface area contributed by atoms with Gasteiger partial charge in [-0.2, -0.15) is 0 Å². The van der Waals surface area contributed by atoms with Crippen molar-refractivity contribution in [3.05, 3.63) is 77.0 Å². The lowest BCUT2D eigenvalue weighted by Gasteiger charge is -2.17. The van der Waals surface area contributed by atoms with E-state index in [1.165, 1.54) is 0 Å². The molecule has 0 fully saturated rings. The van der Waals surface area contributed by atoms with Crippen molar-refractivity contribution >= 4 is 5.91 Å². The van der Waals surface area contributed by atoms with E-state index in [1.807, 2.05) is 30.3 Å². The molecule has 6 N–H and O–H groups in total. The van der Waals surface area contributed by atoms with Crippen LogP contribution in [0.2, 0.25) is 0 Å². The van der Waals surface area contributed by atoms with E-state index in [-0.39, 0.29) is 0 Å². The van der Waals surface area contributed by atoms with E-state index in [0.717, 1.165) is 45.6 Å². The Morgan fingerprint density at radius 3 is 2.28 bits per heavy atom. The summed E-state index contributed by atoms with van der Waals surface area (Å²) in [6, 6.07) is 17.5. The lowest BCUT2D eigenvalue weighted by Crippen LogP contribution is -2.11. The number of hydrogen-bond acceptors (Lipinski definition) is 4. The Labute approximate surface area is 172 Å². The third kappa shape index (κ3) is 4.70. The molecule has 0 spiro atoms. The Morgan fingerprint density at radius 2 is 1.69 bits per heavy atom. The second-order valence-electron chi connectivity index (χ2n) is 7.63. The molecular weight excluding hydrogens is 360 g/mol. The van der Waals surface area contributed by atoms with Crippen LogP contribution < -0.4 is 17.2 Å². The molecule has 0 unspecified atom stereocenters. The molecule has 1 aromatic heterocycles. The van der Waals surface area contributed by atoms with Gasteiger partial charge in [0.05, 0.1) is 5.69 Å². The number of carbonyl (C=O) groups excluding carboxylic acids is 1. The van der Waals surface area contributed by atoms with Crippen molar-refractivity contribution in [3.63, 3.8) is 0 Å². The Morgan fingerprint density at radius 1 is 0.966 bits per heavy atom. The summed E-state index contributed by atoms with van der Waals surface area (Å²) in [6.07, 6.45) is 0.823. The van der Waals surface area contributed by atoms with E-state index < -0.39 is 5.91 Å². The average molecular weight is 389 g/mol. The van der Waals surface area contributed by atoms with E-state index in [9.17, 15) is 4.79 Å². The molecule has 2 aromatic carbocycles. The van der Waals surface area contributed by atoms with Crippen LogP contribution in [0.25, 0.3) is 22.4 Å². The molecule has 0 saturated carbocycles. The van der Waals surface area contributed by atoms with E-state index in [0.29, 0.717) is 24.6 Å². The van der Waals surface area contributed by atoms with Crippen LogP contribution in [0, 0.1) is 5.92 Å². The van der Waals surface area contributed by atoms with Crippen LogP contribution in [0.5, 0.6) is 0 Å². The summed E-state index contributed by atoms with van der Waals surface area (Å²) in [6.45, 7) is 5.24. The van der Waals surface area contributed by atoms with Crippen LogP contribution in [0.15, 0.2) is 54.6 Å². The Kier molecular flexibility index (Phi) is 6.42. The van der Waals surface area contributed by atoms with E-state index in [1.54, 1.807) is 12.1 Å². The zero-order valence-electron chi connectivity index (χ0n) is 17.0. The summed E-state index contributed by atoms with van der Waals surface area (Å²) in [7, 11) is 0. The van der Waals surface area contributed by atoms with Crippen LogP contribution in [0.3, 0.4) is 0 Å². The molecule has 1 heterocycles. The van der Waals surface area contributed by atoms with Gasteiger partial charge in [0.2, 0.25) is 5.91 Å². The molecule has 0 aliphatic carbocycles. The summed E-state index contributed by atoms with van der Waals surface area (Å²) < 4.78 is 0. The summed E-state index contributed by atoms with van der Waals surface area (Å²) >= 11 is 0. The predicted molar refractivity (Wildman–Crippen MR) is 118 cm³/mol. The first-order valence-electron chi connectivity index (χ1n) is 9.85. The van der Waals surface area contributed by atoms with Crippen LogP contribution in [0.4, 0.5) is 0 Å². The number of hydrogen-bond donors (Lipinski definition) is 3. The molecule has 0 atom stereocenters. The number of amides is 1. The fraction of sp³-hybridized carbons (Fsp3) is 0.250. The molecule has 0 aliphatic rings. The number of nitrogens with two attached hydrogens (primary N) is 3. The topological polar surface area (TPSA) is 108 Å². The lowest BCUT2D eigenvalue weighted by atomic mass is 9.92. The van der Waals surface area contributed by atoms with Crippen molar-refractivity contribution in [2.24, 2.45) is 23.1 Å². The smallest absolute Gasteiger partial charge is 0.248 e. The minimum atomic E-state index is -0.453. The minimum absolute atomic E-state index is 0.407. The van der Waals surface area contributed by atoms with Crippen LogP contribution in [0.1, 0.15) is 41.0 Å². The molecule has 1 amide bonds. The fourth-order valence-corrected chi connectivity index (χ4v) is 3.47. The van der Waals surface area contributed by atoms with Gasteiger partial charge in [-0.05, 0) is 52.8 Å². The maximum absolute atomic E-state index is 11.6. The van der Waals surface area contributed by atoms with Gasteiger partial charge >= 0.3 is 0 Å². The van der Waals surface area contributed by atoms with E-state index in [2.05, 4.69) is 26.0 Å². The molecule has 0 bridgehead atoms. The molecule has 3 rings (SSSR count). The van der Waals surface area contributed by atoms with Crippen molar-refractivity contribution < 1.29 is 4.79 Å². The van der Waals surface area contributed by atoms with E-state index >= 15 is 0 Å². The van der Waals surface area contributed by atoms with Gasteiger partial charge in [0.25, 0.3) is 0 Å². The number of carbonyl (C=O) groups is 1. The number of primary amides is 1. The first-order chi connectivity index (χ1) is 13.9. The second-order valence-corrected chi connectivity index (χ2v) is 7.63. The molecule has 0 aliphatic heterocycles. The molecule has 5 heteroatoms.